The predicted molar refractivity (Wildman–Crippen MR) is 90.4 cm³/mol. The van der Waals surface area contributed by atoms with Gasteiger partial charge in [0.2, 0.25) is 5.91 Å². The second kappa shape index (κ2) is 7.38. The number of aromatic nitrogens is 1. The van der Waals surface area contributed by atoms with Crippen LogP contribution < -0.4 is 0 Å². The molecule has 7 heteroatoms. The fraction of sp³-hybridized carbons (Fsp3) is 0.389. The van der Waals surface area contributed by atoms with E-state index in [1.807, 2.05) is 0 Å². The van der Waals surface area contributed by atoms with Crippen molar-refractivity contribution in [3.8, 4) is 0 Å². The topological polar surface area (TPSA) is 81.8 Å². The maximum absolute atomic E-state index is 12.8. The first-order chi connectivity index (χ1) is 11.8. The van der Waals surface area contributed by atoms with E-state index in [0.29, 0.717) is 28.3 Å². The molecule has 25 heavy (non-hydrogen) atoms. The molecule has 0 spiro atoms. The van der Waals surface area contributed by atoms with Crippen LogP contribution in [0.15, 0.2) is 22.8 Å². The van der Waals surface area contributed by atoms with Crippen LogP contribution in [-0.4, -0.2) is 40.8 Å². The van der Waals surface area contributed by atoms with Crippen LogP contribution >= 0.6 is 0 Å². The van der Waals surface area contributed by atoms with Crippen molar-refractivity contribution < 1.29 is 23.5 Å². The number of nitrogens with zero attached hydrogens (tertiary/aromatic N) is 2. The molecule has 2 rings (SSSR count). The number of esters is 1. The van der Waals surface area contributed by atoms with Gasteiger partial charge in [0.05, 0.1) is 26.5 Å². The van der Waals surface area contributed by atoms with Crippen molar-refractivity contribution >= 4 is 17.7 Å². The van der Waals surface area contributed by atoms with Crippen LogP contribution in [0.2, 0.25) is 0 Å². The fourth-order valence-electron chi connectivity index (χ4n) is 2.90. The number of carbonyl (C=O) groups excluding carboxylic acids is 3. The third-order valence-electron chi connectivity index (χ3n) is 4.29. The SMILES string of the molecule is COC(=O)c1c(C)c(C(=O)CN(Cc2ccco2)C(C)=O)c(C)n1C. The van der Waals surface area contributed by atoms with Crippen LogP contribution in [0.5, 0.6) is 0 Å². The lowest BCUT2D eigenvalue weighted by molar-refractivity contribution is -0.129. The average molecular weight is 346 g/mol. The molecule has 0 bridgehead atoms. The van der Waals surface area contributed by atoms with E-state index in [4.69, 9.17) is 9.15 Å². The van der Waals surface area contributed by atoms with Crippen LogP contribution in [0, 0.1) is 13.8 Å². The highest BCUT2D eigenvalue weighted by atomic mass is 16.5. The summed E-state index contributed by atoms with van der Waals surface area (Å²) >= 11 is 0. The van der Waals surface area contributed by atoms with Crippen molar-refractivity contribution in [3.63, 3.8) is 0 Å². The predicted octanol–water partition coefficient (Wildman–Crippen LogP) is 2.25. The summed E-state index contributed by atoms with van der Waals surface area (Å²) in [5, 5.41) is 0. The third-order valence-corrected chi connectivity index (χ3v) is 4.29. The first-order valence-corrected chi connectivity index (χ1v) is 7.83. The number of furan rings is 1. The zero-order chi connectivity index (χ0) is 18.7. The Morgan fingerprint density at radius 3 is 2.48 bits per heavy atom. The van der Waals surface area contributed by atoms with Crippen LogP contribution in [0.25, 0.3) is 0 Å². The molecule has 0 aliphatic heterocycles. The van der Waals surface area contributed by atoms with Crippen molar-refractivity contribution in [1.82, 2.24) is 9.47 Å². The van der Waals surface area contributed by atoms with Crippen molar-refractivity contribution in [2.24, 2.45) is 7.05 Å². The highest BCUT2D eigenvalue weighted by Crippen LogP contribution is 2.23. The molecule has 134 valence electrons. The van der Waals surface area contributed by atoms with Crippen LogP contribution in [-0.2, 0) is 23.1 Å². The van der Waals surface area contributed by atoms with Crippen molar-refractivity contribution in [3.05, 3.63) is 46.7 Å². The number of amides is 1. The summed E-state index contributed by atoms with van der Waals surface area (Å²) in [5.74, 6) is -0.368. The summed E-state index contributed by atoms with van der Waals surface area (Å²) in [6.45, 7) is 4.99. The van der Waals surface area contributed by atoms with E-state index in [-0.39, 0.29) is 24.8 Å². The molecule has 2 heterocycles. The molecule has 0 atom stereocenters. The van der Waals surface area contributed by atoms with Gasteiger partial charge in [0.15, 0.2) is 5.78 Å². The van der Waals surface area contributed by atoms with Gasteiger partial charge in [-0.05, 0) is 31.5 Å². The lowest BCUT2D eigenvalue weighted by Crippen LogP contribution is -2.33. The summed E-state index contributed by atoms with van der Waals surface area (Å²) in [4.78, 5) is 38.1. The Bertz CT molecular complexity index is 802. The molecule has 2 aromatic heterocycles. The van der Waals surface area contributed by atoms with Gasteiger partial charge in [-0.25, -0.2) is 4.79 Å². The Balaban J connectivity index is 2.30. The Kier molecular flexibility index (Phi) is 5.46. The molecule has 0 unspecified atom stereocenters. The molecular formula is C18H22N2O5. The van der Waals surface area contributed by atoms with Gasteiger partial charge in [0.25, 0.3) is 0 Å². The average Bonchev–Trinajstić information content (AvgIpc) is 3.13. The van der Waals surface area contributed by atoms with E-state index in [2.05, 4.69) is 0 Å². The standard InChI is InChI=1S/C18H22N2O5/c1-11-16(12(2)19(4)17(11)18(23)24-5)15(22)10-20(13(3)21)9-14-7-6-8-25-14/h6-8H,9-10H2,1-5H3. The zero-order valence-electron chi connectivity index (χ0n) is 15.1. The van der Waals surface area contributed by atoms with Gasteiger partial charge in [-0.2, -0.15) is 0 Å². The minimum absolute atomic E-state index is 0.0949. The Morgan fingerprint density at radius 2 is 1.96 bits per heavy atom. The monoisotopic (exact) mass is 346 g/mol. The Hall–Kier alpha value is -2.83. The number of rotatable bonds is 6. The quantitative estimate of drug-likeness (QED) is 0.592. The van der Waals surface area contributed by atoms with Crippen molar-refractivity contribution in [1.29, 1.82) is 0 Å². The molecule has 0 saturated carbocycles. The van der Waals surface area contributed by atoms with E-state index in [1.165, 1.54) is 25.2 Å². The van der Waals surface area contributed by atoms with Gasteiger partial charge in [-0.1, -0.05) is 0 Å². The molecule has 0 aliphatic rings. The summed E-state index contributed by atoms with van der Waals surface area (Å²) in [5.41, 5.74) is 1.99. The van der Waals surface area contributed by atoms with Gasteiger partial charge in [-0.15, -0.1) is 0 Å². The maximum atomic E-state index is 12.8. The lowest BCUT2D eigenvalue weighted by atomic mass is 10.1. The number of ether oxygens (including phenoxy) is 1. The minimum atomic E-state index is -0.499. The summed E-state index contributed by atoms with van der Waals surface area (Å²) in [6.07, 6.45) is 1.52. The maximum Gasteiger partial charge on any atom is 0.354 e. The van der Waals surface area contributed by atoms with Gasteiger partial charge < -0.3 is 18.6 Å². The molecule has 0 radical (unpaired) electrons. The fourth-order valence-corrected chi connectivity index (χ4v) is 2.90. The van der Waals surface area contributed by atoms with Crippen molar-refractivity contribution in [2.75, 3.05) is 13.7 Å². The molecule has 1 amide bonds. The first kappa shape index (κ1) is 18.5. The number of methoxy groups -OCH3 is 1. The van der Waals surface area contributed by atoms with E-state index in [9.17, 15) is 14.4 Å². The molecular weight excluding hydrogens is 324 g/mol. The van der Waals surface area contributed by atoms with E-state index >= 15 is 0 Å². The number of hydrogen-bond acceptors (Lipinski definition) is 5. The molecule has 0 aromatic carbocycles. The highest BCUT2D eigenvalue weighted by Gasteiger charge is 2.27. The Labute approximate surface area is 146 Å². The summed E-state index contributed by atoms with van der Waals surface area (Å²) in [7, 11) is 3.00. The van der Waals surface area contributed by atoms with Gasteiger partial charge in [-0.3, -0.25) is 9.59 Å². The number of carbonyl (C=O) groups is 3. The smallest absolute Gasteiger partial charge is 0.354 e. The van der Waals surface area contributed by atoms with Gasteiger partial charge in [0, 0.05) is 25.2 Å². The van der Waals surface area contributed by atoms with E-state index < -0.39 is 5.97 Å². The zero-order valence-corrected chi connectivity index (χ0v) is 15.1. The molecule has 0 saturated heterocycles. The van der Waals surface area contributed by atoms with E-state index in [0.717, 1.165) is 0 Å². The molecule has 7 nitrogen and oxygen atoms in total. The third kappa shape index (κ3) is 3.65. The molecule has 0 N–H and O–H groups in total. The Morgan fingerprint density at radius 1 is 1.28 bits per heavy atom. The number of ketones is 1. The first-order valence-electron chi connectivity index (χ1n) is 7.83. The van der Waals surface area contributed by atoms with E-state index in [1.54, 1.807) is 37.6 Å². The van der Waals surface area contributed by atoms with Gasteiger partial charge in [0.1, 0.15) is 11.5 Å². The minimum Gasteiger partial charge on any atom is -0.467 e. The second-order valence-electron chi connectivity index (χ2n) is 5.86. The summed E-state index contributed by atoms with van der Waals surface area (Å²) < 4.78 is 11.7. The number of hydrogen-bond donors (Lipinski definition) is 0. The highest BCUT2D eigenvalue weighted by molar-refractivity contribution is 6.04. The molecule has 0 aliphatic carbocycles. The molecule has 2 aromatic rings. The molecule has 0 fully saturated rings. The van der Waals surface area contributed by atoms with Crippen LogP contribution in [0.4, 0.5) is 0 Å². The normalized spacial score (nSPS) is 10.6. The second-order valence-corrected chi connectivity index (χ2v) is 5.86. The van der Waals surface area contributed by atoms with Crippen LogP contribution in [0.3, 0.4) is 0 Å². The number of Topliss-reactive ketones (excluding diaryl/α,β-unsaturated/α-hetero) is 1. The lowest BCUT2D eigenvalue weighted by Gasteiger charge is -2.19. The summed E-state index contributed by atoms with van der Waals surface area (Å²) in [6, 6.07) is 3.47. The van der Waals surface area contributed by atoms with Crippen LogP contribution in [0.1, 0.15) is 44.8 Å². The largest absolute Gasteiger partial charge is 0.467 e. The van der Waals surface area contributed by atoms with Gasteiger partial charge >= 0.3 is 5.97 Å². The van der Waals surface area contributed by atoms with Crippen molar-refractivity contribution in [2.45, 2.75) is 27.3 Å².